The van der Waals surface area contributed by atoms with E-state index < -0.39 is 18.1 Å². The molecule has 2 heterocycles. The van der Waals surface area contributed by atoms with Gasteiger partial charge in [-0.1, -0.05) is 42.5 Å². The van der Waals surface area contributed by atoms with Gasteiger partial charge in [0.2, 0.25) is 0 Å². The van der Waals surface area contributed by atoms with Gasteiger partial charge in [-0.05, 0) is 87.5 Å². The summed E-state index contributed by atoms with van der Waals surface area (Å²) in [6, 6.07) is 13.0. The first kappa shape index (κ1) is 28.9. The number of aryl methyl sites for hydroxylation is 2. The summed E-state index contributed by atoms with van der Waals surface area (Å²) in [5.74, 6) is 6.94. The lowest BCUT2D eigenvalue weighted by Gasteiger charge is -2.35. The van der Waals surface area contributed by atoms with Crippen LogP contribution >= 0.6 is 0 Å². The number of alkyl carbamates (subject to hydrolysis) is 1. The monoisotopic (exact) mass is 559 g/mol. The number of nitrogens with zero attached hydrogens (tertiary/aromatic N) is 1. The predicted molar refractivity (Wildman–Crippen MR) is 157 cm³/mol. The van der Waals surface area contributed by atoms with Gasteiger partial charge in [-0.3, -0.25) is 0 Å². The lowest BCUT2D eigenvalue weighted by molar-refractivity contribution is -0.140. The van der Waals surface area contributed by atoms with Crippen LogP contribution in [0.1, 0.15) is 74.6 Å². The van der Waals surface area contributed by atoms with E-state index in [1.165, 1.54) is 5.56 Å². The first-order valence-electron chi connectivity index (χ1n) is 15.1. The van der Waals surface area contributed by atoms with E-state index in [0.717, 1.165) is 87.8 Å². The Kier molecular flexibility index (Phi) is 10.1. The Morgan fingerprint density at radius 3 is 2.76 bits per heavy atom. The molecule has 1 aromatic carbocycles. The maximum Gasteiger partial charge on any atom is 0.408 e. The van der Waals surface area contributed by atoms with E-state index in [1.54, 1.807) is 0 Å². The van der Waals surface area contributed by atoms with Crippen molar-refractivity contribution in [3.05, 3.63) is 59.3 Å². The second-order valence-electron chi connectivity index (χ2n) is 11.5. The number of nitrogens with one attached hydrogen (secondary N) is 2. The number of anilines is 1. The fourth-order valence-corrected chi connectivity index (χ4v) is 5.93. The quantitative estimate of drug-likeness (QED) is 0.337. The van der Waals surface area contributed by atoms with E-state index in [-0.39, 0.29) is 31.2 Å². The average Bonchev–Trinajstić information content (AvgIpc) is 2.97. The van der Waals surface area contributed by atoms with Crippen LogP contribution in [0.5, 0.6) is 0 Å². The number of hydrogen-bond donors (Lipinski definition) is 3. The number of carboxylic acids is 1. The summed E-state index contributed by atoms with van der Waals surface area (Å²) < 4.78 is 11.6. The van der Waals surface area contributed by atoms with Crippen LogP contribution in [0.25, 0.3) is 0 Å². The average molecular weight is 560 g/mol. The molecule has 2 aromatic rings. The maximum atomic E-state index is 12.6. The topological polar surface area (TPSA) is 110 Å². The smallest absolute Gasteiger partial charge is 0.408 e. The number of carbonyl (C=O) groups is 2. The van der Waals surface area contributed by atoms with Crippen molar-refractivity contribution in [1.82, 2.24) is 10.3 Å². The van der Waals surface area contributed by atoms with Crippen LogP contribution in [0, 0.1) is 23.7 Å². The predicted octanol–water partition coefficient (Wildman–Crippen LogP) is 5.35. The summed E-state index contributed by atoms with van der Waals surface area (Å²) in [5, 5.41) is 15.6. The zero-order valence-corrected chi connectivity index (χ0v) is 23.6. The van der Waals surface area contributed by atoms with Gasteiger partial charge in [-0.15, -0.1) is 0 Å². The number of rotatable bonds is 10. The van der Waals surface area contributed by atoms with Crippen molar-refractivity contribution in [2.24, 2.45) is 11.8 Å². The summed E-state index contributed by atoms with van der Waals surface area (Å²) in [4.78, 5) is 29.2. The summed E-state index contributed by atoms with van der Waals surface area (Å²) in [7, 11) is 0. The van der Waals surface area contributed by atoms with E-state index in [2.05, 4.69) is 34.6 Å². The van der Waals surface area contributed by atoms with E-state index in [0.29, 0.717) is 5.92 Å². The molecule has 218 valence electrons. The minimum Gasteiger partial charge on any atom is -0.480 e. The molecule has 0 bridgehead atoms. The zero-order valence-electron chi connectivity index (χ0n) is 23.6. The highest BCUT2D eigenvalue weighted by atomic mass is 16.6. The van der Waals surface area contributed by atoms with Gasteiger partial charge in [0.15, 0.2) is 0 Å². The van der Waals surface area contributed by atoms with Gasteiger partial charge in [0, 0.05) is 30.8 Å². The maximum absolute atomic E-state index is 12.6. The number of amides is 1. The SMILES string of the molecule is O=C(N[C@@H](CCOC1CC(CCc2ccc3c(n2)NCCC3)C1)C(=O)O)OC1CCCCC1C#Cc1ccccc1. The number of aliphatic carboxylic acids is 1. The Hall–Kier alpha value is -3.57. The molecule has 1 amide bonds. The van der Waals surface area contributed by atoms with Crippen molar-refractivity contribution in [1.29, 1.82) is 0 Å². The van der Waals surface area contributed by atoms with Crippen LogP contribution in [0.4, 0.5) is 10.6 Å². The molecule has 2 saturated carbocycles. The van der Waals surface area contributed by atoms with Crippen LogP contribution in [-0.4, -0.2) is 53.6 Å². The standard InChI is InChI=1S/C33H41N3O5/c37-32(38)29(36-33(39)41-30-11-5-4-9-25(30)14-12-23-7-2-1-3-8-23)18-20-40-28-21-24(22-28)13-16-27-17-15-26-10-6-19-34-31(26)35-27/h1-3,7-8,15,17,24-25,28-30H,4-6,9-11,13,16,18-22H2,(H,34,35)(H,36,39)(H,37,38)/t24?,25?,28?,29-,30?/m0/s1. The van der Waals surface area contributed by atoms with Crippen molar-refractivity contribution in [3.63, 3.8) is 0 Å². The third-order valence-electron chi connectivity index (χ3n) is 8.44. The Labute approximate surface area is 242 Å². The van der Waals surface area contributed by atoms with Crippen molar-refractivity contribution in [2.45, 2.75) is 88.9 Å². The lowest BCUT2D eigenvalue weighted by Crippen LogP contribution is -2.44. The van der Waals surface area contributed by atoms with Crippen molar-refractivity contribution in [3.8, 4) is 11.8 Å². The first-order chi connectivity index (χ1) is 20.0. The molecule has 3 aliphatic rings. The molecular weight excluding hydrogens is 518 g/mol. The Balaban J connectivity index is 1.00. The number of carbonyl (C=O) groups excluding carboxylic acids is 1. The number of pyridine rings is 1. The van der Waals surface area contributed by atoms with Crippen LogP contribution in [0.2, 0.25) is 0 Å². The molecule has 0 saturated heterocycles. The third kappa shape index (κ3) is 8.46. The summed E-state index contributed by atoms with van der Waals surface area (Å²) in [6.45, 7) is 1.27. The number of carboxylic acid groups (broad SMARTS) is 1. The Morgan fingerprint density at radius 1 is 1.10 bits per heavy atom. The van der Waals surface area contributed by atoms with Crippen LogP contribution in [0.3, 0.4) is 0 Å². The molecule has 2 unspecified atom stereocenters. The number of hydrogen-bond acceptors (Lipinski definition) is 6. The summed E-state index contributed by atoms with van der Waals surface area (Å²) in [6.07, 6.45) is 9.12. The normalized spacial score (nSPS) is 23.9. The fraction of sp³-hybridized carbons (Fsp3) is 0.545. The van der Waals surface area contributed by atoms with Crippen LogP contribution in [-0.2, 0) is 27.1 Å². The Morgan fingerprint density at radius 2 is 1.93 bits per heavy atom. The van der Waals surface area contributed by atoms with Crippen LogP contribution < -0.4 is 10.6 Å². The highest BCUT2D eigenvalue weighted by molar-refractivity contribution is 5.79. The van der Waals surface area contributed by atoms with Crippen molar-refractivity contribution in [2.75, 3.05) is 18.5 Å². The van der Waals surface area contributed by atoms with E-state index in [9.17, 15) is 14.7 Å². The van der Waals surface area contributed by atoms with E-state index in [4.69, 9.17) is 14.5 Å². The lowest BCUT2D eigenvalue weighted by atomic mass is 9.79. The second kappa shape index (κ2) is 14.4. The van der Waals surface area contributed by atoms with Gasteiger partial charge in [-0.25, -0.2) is 14.6 Å². The molecule has 3 N–H and O–H groups in total. The third-order valence-corrected chi connectivity index (χ3v) is 8.44. The van der Waals surface area contributed by atoms with Gasteiger partial charge < -0.3 is 25.2 Å². The number of ether oxygens (including phenoxy) is 2. The first-order valence-corrected chi connectivity index (χ1v) is 15.1. The molecular formula is C33H41N3O5. The molecule has 2 fully saturated rings. The van der Waals surface area contributed by atoms with Gasteiger partial charge >= 0.3 is 12.1 Å². The molecule has 1 aromatic heterocycles. The number of fused-ring (bicyclic) bond motifs is 1. The van der Waals surface area contributed by atoms with Gasteiger partial charge in [0.05, 0.1) is 12.0 Å². The fourth-order valence-electron chi connectivity index (χ4n) is 5.93. The molecule has 41 heavy (non-hydrogen) atoms. The second-order valence-corrected chi connectivity index (χ2v) is 11.5. The Bertz CT molecular complexity index is 1230. The highest BCUT2D eigenvalue weighted by Crippen LogP contribution is 2.34. The molecule has 0 spiro atoms. The van der Waals surface area contributed by atoms with E-state index >= 15 is 0 Å². The molecule has 3 atom stereocenters. The minimum absolute atomic E-state index is 0.0624. The zero-order chi connectivity index (χ0) is 28.4. The summed E-state index contributed by atoms with van der Waals surface area (Å²) >= 11 is 0. The van der Waals surface area contributed by atoms with Gasteiger partial charge in [0.25, 0.3) is 0 Å². The molecule has 8 heteroatoms. The van der Waals surface area contributed by atoms with Crippen molar-refractivity contribution < 1.29 is 24.2 Å². The molecule has 0 radical (unpaired) electrons. The van der Waals surface area contributed by atoms with Gasteiger partial charge in [-0.2, -0.15) is 0 Å². The minimum atomic E-state index is -1.09. The molecule has 8 nitrogen and oxygen atoms in total. The number of benzene rings is 1. The van der Waals surface area contributed by atoms with Crippen molar-refractivity contribution >= 4 is 17.9 Å². The molecule has 1 aliphatic heterocycles. The molecule has 5 rings (SSSR count). The molecule has 2 aliphatic carbocycles. The highest BCUT2D eigenvalue weighted by Gasteiger charge is 2.31. The van der Waals surface area contributed by atoms with Crippen LogP contribution in [0.15, 0.2) is 42.5 Å². The number of aromatic nitrogens is 1. The van der Waals surface area contributed by atoms with E-state index in [1.807, 2.05) is 30.3 Å². The largest absolute Gasteiger partial charge is 0.480 e. The summed E-state index contributed by atoms with van der Waals surface area (Å²) in [5.41, 5.74) is 3.37. The van der Waals surface area contributed by atoms with Gasteiger partial charge in [0.1, 0.15) is 18.0 Å².